The van der Waals surface area contributed by atoms with Crippen LogP contribution >= 0.6 is 0 Å². The number of hydrogen-bond acceptors (Lipinski definition) is 17. The Hall–Kier alpha value is -5.64. The first-order chi connectivity index (χ1) is 38.8. The van der Waals surface area contributed by atoms with Crippen LogP contribution in [0.15, 0.2) is 121 Å². The summed E-state index contributed by atoms with van der Waals surface area (Å²) in [6.07, 6.45) is -7.57. The van der Waals surface area contributed by atoms with Crippen molar-refractivity contribution in [2.24, 2.45) is 0 Å². The van der Waals surface area contributed by atoms with Gasteiger partial charge in [0, 0.05) is 40.2 Å². The van der Waals surface area contributed by atoms with Crippen molar-refractivity contribution in [2.45, 2.75) is 198 Å². The zero-order valence-electron chi connectivity index (χ0n) is 47.0. The third kappa shape index (κ3) is 19.5. The van der Waals surface area contributed by atoms with Crippen LogP contribution in [0.3, 0.4) is 0 Å². The van der Waals surface area contributed by atoms with Gasteiger partial charge in [-0.2, -0.15) is 0 Å². The molecule has 0 unspecified atom stereocenters. The Bertz CT molecular complexity index is 2440. The monoisotopic (exact) mass is 1110 g/mol. The van der Waals surface area contributed by atoms with E-state index < -0.39 is 104 Å². The smallest absolute Gasteiger partial charge is 0.305 e. The fourth-order valence-corrected chi connectivity index (χ4v) is 10.2. The Labute approximate surface area is 470 Å². The summed E-state index contributed by atoms with van der Waals surface area (Å²) in [5, 5.41) is 3.09. The quantitative estimate of drug-likeness (QED) is 0.0295. The minimum Gasteiger partial charge on any atom is -0.469 e. The number of nitrogens with one attached hydrogen (secondary N) is 1. The first-order valence-corrected chi connectivity index (χ1v) is 28.0. The average molecular weight is 1110 g/mol. The Balaban J connectivity index is 1.28. The van der Waals surface area contributed by atoms with Gasteiger partial charge in [0.05, 0.1) is 52.4 Å². The van der Waals surface area contributed by atoms with Gasteiger partial charge < -0.3 is 66.9 Å². The second-order valence-electron chi connectivity index (χ2n) is 20.6. The molecule has 4 aromatic carbocycles. The predicted molar refractivity (Wildman–Crippen MR) is 292 cm³/mol. The van der Waals surface area contributed by atoms with Crippen LogP contribution in [-0.4, -0.2) is 130 Å². The number of unbranched alkanes of at least 4 members (excludes halogenated alkanes) is 5. The highest BCUT2D eigenvalue weighted by Gasteiger charge is 2.56. The van der Waals surface area contributed by atoms with E-state index in [2.05, 4.69) is 5.32 Å². The van der Waals surface area contributed by atoms with Crippen LogP contribution in [0.5, 0.6) is 0 Å². The lowest BCUT2D eigenvalue weighted by Crippen LogP contribution is -2.69. The number of carbonyl (C=O) groups excluding carboxylic acids is 4. The molecular weight excluding hydrogens is 1030 g/mol. The van der Waals surface area contributed by atoms with Crippen molar-refractivity contribution in [3.63, 3.8) is 0 Å². The zero-order valence-corrected chi connectivity index (χ0v) is 47.0. The summed E-state index contributed by atoms with van der Waals surface area (Å²) in [7, 11) is 1.39. The van der Waals surface area contributed by atoms with E-state index in [1.165, 1.54) is 27.9 Å². The minimum absolute atomic E-state index is 0.0837. The lowest BCUT2D eigenvalue weighted by molar-refractivity contribution is -0.374. The molecule has 3 aliphatic rings. The van der Waals surface area contributed by atoms with Gasteiger partial charge in [0.1, 0.15) is 48.8 Å². The molecule has 14 atom stereocenters. The Morgan fingerprint density at radius 3 is 1.56 bits per heavy atom. The van der Waals surface area contributed by atoms with Gasteiger partial charge in [0.2, 0.25) is 5.91 Å². The van der Waals surface area contributed by atoms with E-state index >= 15 is 0 Å². The highest BCUT2D eigenvalue weighted by Crippen LogP contribution is 2.38. The molecule has 7 rings (SSSR count). The van der Waals surface area contributed by atoms with E-state index in [0.29, 0.717) is 12.8 Å². The second-order valence-corrected chi connectivity index (χ2v) is 20.6. The standard InChI is InChI=1S/C62H81NO17/c1-41-35-50(76-44(4)65)56(77-45(5)66)61(74-41)79-55-51(40-69-36-46-25-15-11-16-26-46)78-60(70-34-24-10-8-7-9-23-33-52(67)68-6)53(63-43(3)64)57(55)80-62-59(73-39-49-31-21-14-22-32-49)58(72-38-48-29-19-13-20-30-48)54(42(2)75-62)71-37-47-27-17-12-18-28-47/h11-22,25-32,41-42,50-51,53-62H,7-10,23-24,33-40H2,1-6H3,(H,63,64)/t41-,42+,50+,51-,53-,54-,55-,56-,57-,58-,59+,60-,61+,62+/m1/s1. The highest BCUT2D eigenvalue weighted by atomic mass is 16.8. The summed E-state index contributed by atoms with van der Waals surface area (Å²) < 4.78 is 85.1. The van der Waals surface area contributed by atoms with Gasteiger partial charge in [0.15, 0.2) is 25.0 Å². The maximum Gasteiger partial charge on any atom is 0.305 e. The van der Waals surface area contributed by atoms with Crippen molar-refractivity contribution in [2.75, 3.05) is 20.3 Å². The molecule has 1 amide bonds. The van der Waals surface area contributed by atoms with Gasteiger partial charge in [-0.1, -0.05) is 147 Å². The lowest BCUT2D eigenvalue weighted by Gasteiger charge is -2.51. The summed E-state index contributed by atoms with van der Waals surface area (Å²) in [6, 6.07) is 37.9. The number of benzene rings is 4. The van der Waals surface area contributed by atoms with Crippen LogP contribution in [0.25, 0.3) is 0 Å². The molecule has 80 heavy (non-hydrogen) atoms. The number of hydrogen-bond donors (Lipinski definition) is 1. The molecule has 0 spiro atoms. The first-order valence-electron chi connectivity index (χ1n) is 28.0. The third-order valence-electron chi connectivity index (χ3n) is 14.0. The topological polar surface area (TPSA) is 200 Å². The SMILES string of the molecule is COC(=O)CCCCCCCCO[C@@H]1O[C@H](COCc2ccccc2)[C@@H](O[C@@H]2O[C@H](C)C[C@H](OC(C)=O)[C@H]2OC(C)=O)[C@H](O[C@@H]2O[C@@H](C)[C@@H](OCc3ccccc3)[C@@H](OCc3ccccc3)[C@@H]2OCc2ccccc2)[C@H]1NC(C)=O. The summed E-state index contributed by atoms with van der Waals surface area (Å²) in [5.74, 6) is -1.89. The highest BCUT2D eigenvalue weighted by molar-refractivity contribution is 5.73. The van der Waals surface area contributed by atoms with Crippen LogP contribution in [0.2, 0.25) is 0 Å². The van der Waals surface area contributed by atoms with Gasteiger partial charge in [-0.05, 0) is 48.9 Å². The van der Waals surface area contributed by atoms with Crippen LogP contribution in [0, 0.1) is 0 Å². The molecule has 0 aliphatic carbocycles. The lowest BCUT2D eigenvalue weighted by atomic mass is 9.94. The van der Waals surface area contributed by atoms with E-state index in [-0.39, 0.29) is 52.0 Å². The number of ether oxygens (including phenoxy) is 13. The maximum atomic E-state index is 13.6. The van der Waals surface area contributed by atoms with E-state index in [1.807, 2.05) is 128 Å². The number of methoxy groups -OCH3 is 1. The molecule has 0 aromatic heterocycles. The van der Waals surface area contributed by atoms with Crippen molar-refractivity contribution in [3.8, 4) is 0 Å². The van der Waals surface area contributed by atoms with Gasteiger partial charge in [-0.15, -0.1) is 0 Å². The number of esters is 3. The molecule has 3 fully saturated rings. The first kappa shape index (κ1) is 62.0. The summed E-state index contributed by atoms with van der Waals surface area (Å²) in [4.78, 5) is 50.7. The molecule has 0 saturated carbocycles. The molecule has 4 aromatic rings. The minimum atomic E-state index is -1.36. The van der Waals surface area contributed by atoms with Crippen LogP contribution in [0.4, 0.5) is 0 Å². The second kappa shape index (κ2) is 32.7. The molecule has 3 saturated heterocycles. The van der Waals surface area contributed by atoms with Gasteiger partial charge in [-0.25, -0.2) is 0 Å². The molecule has 1 N–H and O–H groups in total. The third-order valence-corrected chi connectivity index (χ3v) is 14.0. The molecule has 0 radical (unpaired) electrons. The van der Waals surface area contributed by atoms with Crippen LogP contribution < -0.4 is 5.32 Å². The van der Waals surface area contributed by atoms with E-state index in [4.69, 9.17) is 61.6 Å². The van der Waals surface area contributed by atoms with Crippen molar-refractivity contribution in [1.82, 2.24) is 5.32 Å². The number of amides is 1. The Morgan fingerprint density at radius 1 is 0.512 bits per heavy atom. The van der Waals surface area contributed by atoms with Gasteiger partial charge >= 0.3 is 17.9 Å². The molecular formula is C62H81NO17. The van der Waals surface area contributed by atoms with Crippen molar-refractivity contribution in [3.05, 3.63) is 144 Å². The Morgan fingerprint density at radius 2 is 1.01 bits per heavy atom. The number of rotatable bonds is 30. The average Bonchev–Trinajstić information content (AvgIpc) is 3.48. The van der Waals surface area contributed by atoms with Gasteiger partial charge in [-0.3, -0.25) is 19.2 Å². The Kier molecular flexibility index (Phi) is 25.3. The van der Waals surface area contributed by atoms with Crippen molar-refractivity contribution < 1.29 is 80.8 Å². The maximum absolute atomic E-state index is 13.6. The molecule has 18 heteroatoms. The van der Waals surface area contributed by atoms with Crippen molar-refractivity contribution >= 4 is 23.8 Å². The van der Waals surface area contributed by atoms with Crippen LogP contribution in [0.1, 0.15) is 108 Å². The molecule has 436 valence electrons. The van der Waals surface area contributed by atoms with E-state index in [0.717, 1.165) is 54.4 Å². The molecule has 18 nitrogen and oxygen atoms in total. The summed E-state index contributed by atoms with van der Waals surface area (Å²) in [6.45, 7) is 8.54. The fourth-order valence-electron chi connectivity index (χ4n) is 10.2. The van der Waals surface area contributed by atoms with Crippen molar-refractivity contribution in [1.29, 1.82) is 0 Å². The van der Waals surface area contributed by atoms with Crippen LogP contribution in [-0.2, 0) is 107 Å². The fraction of sp³-hybridized carbons (Fsp3) is 0.548. The van der Waals surface area contributed by atoms with Gasteiger partial charge in [0.25, 0.3) is 0 Å². The molecule has 0 bridgehead atoms. The summed E-state index contributed by atoms with van der Waals surface area (Å²) in [5.41, 5.74) is 3.65. The zero-order chi connectivity index (χ0) is 56.6. The number of carbonyl (C=O) groups is 4. The molecule has 3 heterocycles. The predicted octanol–water partition coefficient (Wildman–Crippen LogP) is 8.62. The molecule has 3 aliphatic heterocycles. The largest absolute Gasteiger partial charge is 0.469 e. The van der Waals surface area contributed by atoms with E-state index in [1.54, 1.807) is 6.92 Å². The normalized spacial score (nSPS) is 27.6. The summed E-state index contributed by atoms with van der Waals surface area (Å²) >= 11 is 0. The van der Waals surface area contributed by atoms with E-state index in [9.17, 15) is 19.2 Å².